The van der Waals surface area contributed by atoms with Crippen molar-refractivity contribution < 1.29 is 40.2 Å². The van der Waals surface area contributed by atoms with E-state index < -0.39 is 65.6 Å². The first-order chi connectivity index (χ1) is 40.9. The van der Waals surface area contributed by atoms with Crippen LogP contribution in [0.5, 0.6) is 0 Å². The predicted octanol–water partition coefficient (Wildman–Crippen LogP) is 14.0. The Morgan fingerprint density at radius 2 is 1.07 bits per heavy atom. The number of hydrogen-bond acceptors (Lipinski definition) is 12. The molecule has 4 aromatic carbocycles. The largest absolute Gasteiger partial charge is 0.393 e. The summed E-state index contributed by atoms with van der Waals surface area (Å²) in [7, 11) is 0. The monoisotopic (exact) mass is 1230 g/mol. The van der Waals surface area contributed by atoms with Gasteiger partial charge in [-0.3, -0.25) is 23.6 Å². The zero-order valence-corrected chi connectivity index (χ0v) is 50.4. The Balaban J connectivity index is 0.000000205. The molecule has 0 saturated carbocycles. The normalized spacial score (nSPS) is 12.5. The van der Waals surface area contributed by atoms with Crippen molar-refractivity contribution in [2.75, 3.05) is 11.9 Å². The zero-order chi connectivity index (χ0) is 64.1. The fraction of sp³-hybridized carbons (Fsp3) is 0.355. The smallest absolute Gasteiger partial charge is 0.391 e. The number of aromatic nitrogens is 10. The van der Waals surface area contributed by atoms with Gasteiger partial charge in [0.15, 0.2) is 0 Å². The highest BCUT2D eigenvalue weighted by Crippen LogP contribution is 2.30. The summed E-state index contributed by atoms with van der Waals surface area (Å²) in [4.78, 5) is 60.1. The van der Waals surface area contributed by atoms with Crippen LogP contribution in [0.15, 0.2) is 132 Å². The molecule has 6 N–H and O–H groups in total. The van der Waals surface area contributed by atoms with Gasteiger partial charge in [0.1, 0.15) is 69.0 Å². The number of H-pyrrole nitrogens is 2. The van der Waals surface area contributed by atoms with Gasteiger partial charge in [0.05, 0.1) is 63.7 Å². The average molecular weight is 1230 g/mol. The van der Waals surface area contributed by atoms with Gasteiger partial charge in [-0.25, -0.2) is 38.7 Å². The van der Waals surface area contributed by atoms with Crippen LogP contribution in [0.25, 0.3) is 55.2 Å². The van der Waals surface area contributed by atoms with Gasteiger partial charge in [-0.05, 0) is 140 Å². The Labute approximate surface area is 501 Å². The number of nitrogens with one attached hydrogen (secondary N) is 3. The molecule has 0 aliphatic heterocycles. The number of nitrogens with two attached hydrogens (primary N) is 1. The second-order valence-electron chi connectivity index (χ2n) is 21.6. The van der Waals surface area contributed by atoms with Crippen LogP contribution in [0.3, 0.4) is 0 Å². The lowest BCUT2D eigenvalue weighted by molar-refractivity contribution is -0.128. The fourth-order valence-corrected chi connectivity index (χ4v) is 9.52. The molecule has 0 fully saturated rings. The lowest BCUT2D eigenvalue weighted by Crippen LogP contribution is -2.36. The minimum absolute atomic E-state index is 0.0171. The Hall–Kier alpha value is -8.19. The molecular formula is C62H70ClF8N13O3. The molecule has 10 rings (SSSR count). The van der Waals surface area contributed by atoms with Crippen LogP contribution in [0.1, 0.15) is 117 Å². The SMILES string of the molecule is CC(C)(C)O.CCN(C(C)C)C(C)C.CC[C@H](N)c1nc2cccc(F)c2c(=O)n1-c1cccc(CC(F)(F)F)c1.CC[C@H](Nc1ncnc2[nH]ccc12)c1nc2cccc(F)c2c(=O)n1-c1cccc(CC(F)(F)F)c1.Clc1ncnc2[nH]ccc12. The minimum Gasteiger partial charge on any atom is -0.391 e. The number of alkyl halides is 6. The molecule has 6 heterocycles. The highest BCUT2D eigenvalue weighted by Gasteiger charge is 2.30. The number of nitrogens with zero attached hydrogens (tertiary/aromatic N) is 9. The molecule has 0 unspecified atom stereocenters. The molecule has 0 aliphatic rings. The molecule has 0 saturated heterocycles. The maximum Gasteiger partial charge on any atom is 0.393 e. The van der Waals surface area contributed by atoms with Crippen molar-refractivity contribution in [1.82, 2.24) is 53.9 Å². The minimum atomic E-state index is -4.43. The average Bonchev–Trinajstić information content (AvgIpc) is 1.44. The summed E-state index contributed by atoms with van der Waals surface area (Å²) >= 11 is 5.73. The topological polar surface area (TPSA) is 214 Å². The van der Waals surface area contributed by atoms with E-state index in [0.29, 0.717) is 46.9 Å². The Morgan fingerprint density at radius 3 is 1.49 bits per heavy atom. The molecule has 0 aliphatic carbocycles. The van der Waals surface area contributed by atoms with E-state index in [-0.39, 0.29) is 56.0 Å². The van der Waals surface area contributed by atoms with Crippen molar-refractivity contribution in [2.45, 2.75) is 137 Å². The number of aromatic amines is 2. The van der Waals surface area contributed by atoms with E-state index in [1.165, 1.54) is 90.0 Å². The van der Waals surface area contributed by atoms with Crippen molar-refractivity contribution in [2.24, 2.45) is 5.73 Å². The van der Waals surface area contributed by atoms with Gasteiger partial charge in [0, 0.05) is 24.5 Å². The lowest BCUT2D eigenvalue weighted by Gasteiger charge is -2.28. The van der Waals surface area contributed by atoms with Crippen LogP contribution < -0.4 is 22.2 Å². The third kappa shape index (κ3) is 18.4. The van der Waals surface area contributed by atoms with E-state index in [9.17, 15) is 44.7 Å². The standard InChI is InChI=1S/C25H20F4N6O.C19H17F4N3O.C8H19N.C6H4ClN3.C4H10O/c1-2-18(33-22-16-9-10-30-21(16)31-13-32-22)23-34-19-8-4-7-17(26)20(19)24(36)35(23)15-6-3-5-14(11-15)12-25(27,28)29;1-2-14(24)17-25-15-8-4-7-13(20)16(15)18(27)26(17)12-6-3-5-11(9-12)10-19(21,22)23;1-6-9(7(2)3)8(4)5;7-5-4-1-2-8-6(4)10-3-9-5;1-4(2,3)5/h3-11,13,18H,2,12H2,1H3,(H2,30,31,32,33);3-9,14H,2,10,24H2,1H3;7-8H,6H2,1-5H3;1-3H,(H,8,9,10);5H,1-3H3/t18-;14-;;;/m00.../s1. The highest BCUT2D eigenvalue weighted by molar-refractivity contribution is 6.33. The molecular weight excluding hydrogens is 1160 g/mol. The van der Waals surface area contributed by atoms with Crippen LogP contribution >= 0.6 is 11.6 Å². The summed E-state index contributed by atoms with van der Waals surface area (Å²) in [6.07, 6.45) is -3.94. The van der Waals surface area contributed by atoms with Crippen molar-refractivity contribution >= 4 is 61.3 Å². The Kier molecular flexibility index (Phi) is 23.0. The van der Waals surface area contributed by atoms with Crippen molar-refractivity contribution in [3.63, 3.8) is 0 Å². The van der Waals surface area contributed by atoms with Gasteiger partial charge >= 0.3 is 12.4 Å². The molecule has 10 aromatic rings. The summed E-state index contributed by atoms with van der Waals surface area (Å²) in [6.45, 7) is 21.2. The first-order valence-corrected chi connectivity index (χ1v) is 28.3. The number of fused-ring (bicyclic) bond motifs is 4. The second kappa shape index (κ2) is 29.5. The van der Waals surface area contributed by atoms with Crippen molar-refractivity contribution in [3.8, 4) is 11.4 Å². The van der Waals surface area contributed by atoms with E-state index >= 15 is 0 Å². The molecule has 2 atom stereocenters. The van der Waals surface area contributed by atoms with Crippen LogP contribution in [0, 0.1) is 11.6 Å². The van der Waals surface area contributed by atoms with Crippen LogP contribution in [0.2, 0.25) is 5.15 Å². The van der Waals surface area contributed by atoms with E-state index in [2.05, 4.69) is 84.7 Å². The quantitative estimate of drug-likeness (QED) is 0.0539. The number of anilines is 1. The third-order valence-corrected chi connectivity index (χ3v) is 13.3. The second-order valence-corrected chi connectivity index (χ2v) is 21.9. The van der Waals surface area contributed by atoms with E-state index in [1.807, 2.05) is 13.0 Å². The summed E-state index contributed by atoms with van der Waals surface area (Å²) in [5.41, 5.74) is 6.11. The van der Waals surface area contributed by atoms with Gasteiger partial charge in [0.25, 0.3) is 11.1 Å². The van der Waals surface area contributed by atoms with Crippen LogP contribution in [-0.4, -0.2) is 95.6 Å². The fourth-order valence-electron chi connectivity index (χ4n) is 9.32. The van der Waals surface area contributed by atoms with Gasteiger partial charge in [-0.15, -0.1) is 0 Å². The Morgan fingerprint density at radius 1 is 0.632 bits per heavy atom. The number of rotatable bonds is 13. The summed E-state index contributed by atoms with van der Waals surface area (Å²) in [6, 6.07) is 22.9. The predicted molar refractivity (Wildman–Crippen MR) is 325 cm³/mol. The molecule has 87 heavy (non-hydrogen) atoms. The van der Waals surface area contributed by atoms with Gasteiger partial charge in [0.2, 0.25) is 0 Å². The first kappa shape index (κ1) is 67.9. The van der Waals surface area contributed by atoms with Crippen molar-refractivity contribution in [1.29, 1.82) is 0 Å². The van der Waals surface area contributed by atoms with Gasteiger partial charge < -0.3 is 26.1 Å². The van der Waals surface area contributed by atoms with E-state index in [1.54, 1.807) is 46.2 Å². The van der Waals surface area contributed by atoms with Gasteiger partial charge in [-0.1, -0.05) is 68.8 Å². The molecule has 6 aromatic heterocycles. The van der Waals surface area contributed by atoms with Crippen molar-refractivity contribution in [3.05, 3.63) is 182 Å². The third-order valence-electron chi connectivity index (χ3n) is 13.0. The summed E-state index contributed by atoms with van der Waals surface area (Å²) in [5, 5.41) is 13.4. The van der Waals surface area contributed by atoms with Gasteiger partial charge in [-0.2, -0.15) is 26.3 Å². The maximum absolute atomic E-state index is 14.7. The van der Waals surface area contributed by atoms with Crippen LogP contribution in [-0.2, 0) is 12.8 Å². The molecule has 0 bridgehead atoms. The molecule has 0 amide bonds. The number of hydrogen-bond donors (Lipinski definition) is 5. The lowest BCUT2D eigenvalue weighted by atomic mass is 10.1. The molecule has 25 heteroatoms. The Bertz CT molecular complexity index is 4010. The number of aliphatic hydroxyl groups is 1. The zero-order valence-electron chi connectivity index (χ0n) is 49.7. The van der Waals surface area contributed by atoms with Crippen LogP contribution in [0.4, 0.5) is 40.9 Å². The molecule has 464 valence electrons. The highest BCUT2D eigenvalue weighted by atomic mass is 35.5. The molecule has 16 nitrogen and oxygen atoms in total. The number of benzene rings is 4. The molecule has 0 radical (unpaired) electrons. The first-order valence-electron chi connectivity index (χ1n) is 27.9. The van der Waals surface area contributed by atoms with E-state index in [0.717, 1.165) is 34.3 Å². The van der Waals surface area contributed by atoms with E-state index in [4.69, 9.17) is 22.4 Å². The molecule has 0 spiro atoms. The summed E-state index contributed by atoms with van der Waals surface area (Å²) < 4.78 is 109. The summed E-state index contributed by atoms with van der Waals surface area (Å²) in [5.74, 6) is -0.639. The maximum atomic E-state index is 14.7. The number of halogens is 9.